The number of rotatable bonds is 24. The summed E-state index contributed by atoms with van der Waals surface area (Å²) in [5.74, 6) is -1.09. The van der Waals surface area contributed by atoms with Gasteiger partial charge in [-0.05, 0) is 76.2 Å². The van der Waals surface area contributed by atoms with Crippen molar-refractivity contribution in [3.63, 3.8) is 0 Å². The smallest absolute Gasteiger partial charge is 0.200 e. The molecule has 0 aromatic heterocycles. The van der Waals surface area contributed by atoms with Crippen molar-refractivity contribution in [2.45, 2.75) is 146 Å². The molecule has 4 aliphatic heterocycles. The zero-order valence-corrected chi connectivity index (χ0v) is 45.4. The van der Waals surface area contributed by atoms with Crippen LogP contribution in [0.5, 0.6) is 0 Å². The van der Waals surface area contributed by atoms with E-state index in [1.54, 1.807) is 0 Å². The van der Waals surface area contributed by atoms with Gasteiger partial charge in [0, 0.05) is 22.0 Å². The fourth-order valence-electron chi connectivity index (χ4n) is 9.56. The van der Waals surface area contributed by atoms with Gasteiger partial charge < -0.3 is 56.8 Å². The number of benzene rings is 5. The van der Waals surface area contributed by atoms with Crippen LogP contribution in [0, 0.1) is 0 Å². The topological polar surface area (TPSA) is 169 Å². The monoisotopic (exact) mass is 1160 g/mol. The Morgan fingerprint density at radius 1 is 0.595 bits per heavy atom. The lowest BCUT2D eigenvalue weighted by atomic mass is 9.95. The summed E-state index contributed by atoms with van der Waals surface area (Å²) >= 11 is 3.47. The molecular weight excluding hydrogens is 1100 g/mol. The van der Waals surface area contributed by atoms with E-state index < -0.39 is 91.7 Å². The Bertz CT molecular complexity index is 2480. The predicted octanol–water partition coefficient (Wildman–Crippen LogP) is 10.9. The third kappa shape index (κ3) is 14.9. The highest BCUT2D eigenvalue weighted by atomic mass is 127. The first kappa shape index (κ1) is 55.2. The maximum Gasteiger partial charge on any atom is 0.200 e. The van der Waals surface area contributed by atoms with Crippen molar-refractivity contribution in [2.24, 2.45) is 5.11 Å². The van der Waals surface area contributed by atoms with Crippen LogP contribution < -0.4 is 0 Å². The lowest BCUT2D eigenvalue weighted by Gasteiger charge is -2.48. The van der Waals surface area contributed by atoms with Gasteiger partial charge in [-0.1, -0.05) is 157 Å². The summed E-state index contributed by atoms with van der Waals surface area (Å²) in [6, 6.07) is 48.6. The van der Waals surface area contributed by atoms with Crippen LogP contribution in [-0.2, 0) is 94.1 Å². The van der Waals surface area contributed by atoms with Crippen molar-refractivity contribution < 1.29 is 61.0 Å². The molecule has 19 heteroatoms. The molecule has 0 radical (unpaired) electrons. The number of halogens is 1. The van der Waals surface area contributed by atoms with Gasteiger partial charge >= 0.3 is 0 Å². The van der Waals surface area contributed by atoms with Gasteiger partial charge in [0.1, 0.15) is 48.8 Å². The van der Waals surface area contributed by atoms with Crippen LogP contribution in [0.3, 0.4) is 0 Å². The van der Waals surface area contributed by atoms with Gasteiger partial charge in [0.25, 0.3) is 0 Å². The van der Waals surface area contributed by atoms with Gasteiger partial charge in [0.05, 0.1) is 64.5 Å². The van der Waals surface area contributed by atoms with E-state index in [0.29, 0.717) is 25.2 Å². The maximum atomic E-state index is 10.1. The molecule has 16 nitrogen and oxygen atoms in total. The van der Waals surface area contributed by atoms with Crippen LogP contribution in [-0.4, -0.2) is 105 Å². The average molecular weight is 1160 g/mol. The van der Waals surface area contributed by atoms with Gasteiger partial charge in [-0.2, -0.15) is 0 Å². The molecule has 0 spiro atoms. The first-order valence-corrected chi connectivity index (χ1v) is 30.4. The van der Waals surface area contributed by atoms with E-state index in [-0.39, 0.29) is 26.4 Å². The Kier molecular flexibility index (Phi) is 20.6. The predicted molar refractivity (Wildman–Crippen MR) is 286 cm³/mol. The van der Waals surface area contributed by atoms with Crippen LogP contribution in [0.15, 0.2) is 157 Å². The zero-order chi connectivity index (χ0) is 51.1. The van der Waals surface area contributed by atoms with E-state index in [4.69, 9.17) is 61.0 Å². The molecule has 394 valence electrons. The molecule has 0 N–H and O–H groups in total. The third-order valence-corrected chi connectivity index (χ3v) is 15.5. The summed E-state index contributed by atoms with van der Waals surface area (Å²) in [5, 5.41) is 4.28. The van der Waals surface area contributed by atoms with Crippen molar-refractivity contribution in [1.82, 2.24) is 0 Å². The van der Waals surface area contributed by atoms with Crippen LogP contribution in [0.1, 0.15) is 48.6 Å². The molecule has 0 bridgehead atoms. The average Bonchev–Trinajstić information content (AvgIpc) is 3.78. The first-order chi connectivity index (χ1) is 36.2. The van der Waals surface area contributed by atoms with Crippen molar-refractivity contribution in [1.29, 1.82) is 0 Å². The molecule has 0 amide bonds. The molecule has 4 aliphatic rings. The van der Waals surface area contributed by atoms with Gasteiger partial charge in [-0.3, -0.25) is 4.18 Å². The maximum absolute atomic E-state index is 10.1. The number of ether oxygens (including phenoxy) is 12. The second-order valence-electron chi connectivity index (χ2n) is 18.8. The van der Waals surface area contributed by atoms with Gasteiger partial charge in [-0.15, -0.1) is 0 Å². The number of azide groups is 1. The number of hydrogen-bond donors (Lipinski definition) is 0. The molecule has 5 aromatic rings. The Morgan fingerprint density at radius 2 is 1.08 bits per heavy atom. The van der Waals surface area contributed by atoms with Crippen LogP contribution in [0.2, 0.25) is 0 Å². The minimum atomic E-state index is -1.09. The van der Waals surface area contributed by atoms with Crippen LogP contribution in [0.25, 0.3) is 10.4 Å². The normalized spacial score (nSPS) is 30.7. The molecule has 0 saturated carbocycles. The lowest BCUT2D eigenvalue weighted by molar-refractivity contribution is -0.361. The summed E-state index contributed by atoms with van der Waals surface area (Å²) < 4.78 is 87.3. The largest absolute Gasteiger partial charge is 0.374 e. The SMILES string of the molecule is C[C@H]1O[C@@H](OC2C(OCc3ccccc3)[C@@H](N=[N+]=[N-])[C@@H](COCc3ccccc3)O[C@H]2OSPI)C2OC(C)(C)OC2[C@H]1O[C@@H]1OC[C@@H](OCc2ccccc2)C(OCc2ccccc2)C1OCc1ccccc1. The summed E-state index contributed by atoms with van der Waals surface area (Å²) in [4.78, 5) is 3.27. The molecule has 74 heavy (non-hydrogen) atoms. The molecule has 7 unspecified atom stereocenters. The molecule has 4 heterocycles. The fraction of sp³-hybridized carbons (Fsp3) is 0.455. The highest BCUT2D eigenvalue weighted by Gasteiger charge is 2.59. The van der Waals surface area contributed by atoms with Crippen molar-refractivity contribution >= 4 is 39.1 Å². The highest BCUT2D eigenvalue weighted by molar-refractivity contribution is 14.2. The van der Waals surface area contributed by atoms with Crippen molar-refractivity contribution in [2.75, 3.05) is 13.2 Å². The quantitative estimate of drug-likeness (QED) is 0.0143. The van der Waals surface area contributed by atoms with E-state index in [2.05, 4.69) is 32.1 Å². The van der Waals surface area contributed by atoms with E-state index in [1.165, 1.54) is 11.7 Å². The first-order valence-electron chi connectivity index (χ1n) is 24.8. The summed E-state index contributed by atoms with van der Waals surface area (Å²) in [7, 11) is 0. The number of fused-ring (bicyclic) bond motifs is 1. The van der Waals surface area contributed by atoms with Gasteiger partial charge in [-0.25, -0.2) is 0 Å². The highest BCUT2D eigenvalue weighted by Crippen LogP contribution is 2.45. The Balaban J connectivity index is 0.982. The standard InChI is InChI=1S/C55H63IN3O13PS/c1-36-45(68-52-49(64-33-41-27-17-8-18-28-41)46(62-31-39-23-13-6-14-24-39)43(35-65-52)61-30-38-21-11-5-12-22-38)48-51(71-55(2,3)70-48)53(66-36)69-50-47(63-32-40-25-15-7-16-26-40)44(58-59-57)42(67-54(50)72-74-73-56)34-60-29-37-19-9-4-10-20-37/h4-28,36,42-54,73H,29-35H2,1-3H3/t36-,42-,43-,44+,45+,46?,47?,48?,49?,50?,51?,52+,53+,54+/m1/s1. The summed E-state index contributed by atoms with van der Waals surface area (Å²) in [6.07, 6.45) is -10.7. The molecule has 5 aromatic carbocycles. The Morgan fingerprint density at radius 3 is 1.62 bits per heavy atom. The van der Waals surface area contributed by atoms with Gasteiger partial charge in [0.2, 0.25) is 0 Å². The van der Waals surface area contributed by atoms with E-state index in [1.807, 2.05) is 172 Å². The Hall–Kier alpha value is -3.60. The molecule has 15 atom stereocenters. The van der Waals surface area contributed by atoms with Crippen LogP contribution in [0.4, 0.5) is 0 Å². The lowest BCUT2D eigenvalue weighted by Crippen LogP contribution is -2.65. The number of hydrogen-bond acceptors (Lipinski definition) is 15. The van der Waals surface area contributed by atoms with Crippen molar-refractivity contribution in [3.8, 4) is 0 Å². The Labute approximate surface area is 451 Å². The van der Waals surface area contributed by atoms with E-state index in [0.717, 1.165) is 27.8 Å². The minimum absolute atomic E-state index is 0.0801. The molecule has 9 rings (SSSR count). The fourth-order valence-corrected chi connectivity index (χ4v) is 11.2. The number of nitrogens with zero attached hydrogens (tertiary/aromatic N) is 3. The van der Waals surface area contributed by atoms with E-state index in [9.17, 15) is 5.53 Å². The third-order valence-electron chi connectivity index (χ3n) is 13.1. The molecular formula is C55H63IN3O13PS. The second kappa shape index (κ2) is 27.6. The molecule has 0 aliphatic carbocycles. The zero-order valence-electron chi connectivity index (χ0n) is 41.4. The summed E-state index contributed by atoms with van der Waals surface area (Å²) in [5.41, 5.74) is 15.2. The minimum Gasteiger partial charge on any atom is -0.374 e. The van der Waals surface area contributed by atoms with E-state index >= 15 is 0 Å². The van der Waals surface area contributed by atoms with Crippen LogP contribution >= 0.6 is 39.1 Å². The van der Waals surface area contributed by atoms with Gasteiger partial charge in [0.15, 0.2) is 24.7 Å². The molecule has 4 fully saturated rings. The van der Waals surface area contributed by atoms with Crippen molar-refractivity contribution in [3.05, 3.63) is 190 Å². The summed E-state index contributed by atoms with van der Waals surface area (Å²) in [6.45, 7) is 7.20. The second-order valence-corrected chi connectivity index (χ2v) is 24.2. The molecule has 4 saturated heterocycles.